The Balaban J connectivity index is 1.48. The van der Waals surface area contributed by atoms with E-state index in [0.717, 1.165) is 31.9 Å². The second-order valence-electron chi connectivity index (χ2n) is 4.23. The molecular formula is C14H18BrN3S. The Labute approximate surface area is 126 Å². The third kappa shape index (κ3) is 5.72. The summed E-state index contributed by atoms with van der Waals surface area (Å²) in [5, 5.41) is 6.77. The number of unbranched alkanes of at least 4 members (excludes halogenated alkanes) is 1. The van der Waals surface area contributed by atoms with Crippen LogP contribution in [0.1, 0.15) is 17.7 Å². The van der Waals surface area contributed by atoms with E-state index in [4.69, 9.17) is 0 Å². The highest BCUT2D eigenvalue weighted by molar-refractivity contribution is 9.11. The van der Waals surface area contributed by atoms with Crippen LogP contribution in [0, 0.1) is 0 Å². The highest BCUT2D eigenvalue weighted by Gasteiger charge is 1.97. The zero-order valence-electron chi connectivity index (χ0n) is 10.7. The van der Waals surface area contributed by atoms with Crippen LogP contribution in [0.15, 0.2) is 40.3 Å². The molecule has 0 amide bonds. The average molecular weight is 340 g/mol. The van der Waals surface area contributed by atoms with Crippen molar-refractivity contribution in [3.8, 4) is 0 Å². The molecule has 0 aliphatic rings. The quantitative estimate of drug-likeness (QED) is 0.716. The van der Waals surface area contributed by atoms with Crippen LogP contribution in [-0.4, -0.2) is 18.1 Å². The summed E-state index contributed by atoms with van der Waals surface area (Å²) in [5.74, 6) is 0.957. The molecule has 0 saturated carbocycles. The number of nitrogens with zero attached hydrogens (tertiary/aromatic N) is 1. The number of anilines is 1. The van der Waals surface area contributed by atoms with Crippen molar-refractivity contribution in [2.45, 2.75) is 19.4 Å². The summed E-state index contributed by atoms with van der Waals surface area (Å²) in [7, 11) is 0. The van der Waals surface area contributed by atoms with E-state index in [1.54, 1.807) is 11.3 Å². The first kappa shape index (κ1) is 14.5. The zero-order chi connectivity index (χ0) is 13.3. The molecule has 2 N–H and O–H groups in total. The van der Waals surface area contributed by atoms with Crippen molar-refractivity contribution in [2.24, 2.45) is 0 Å². The molecule has 0 aliphatic carbocycles. The molecule has 0 radical (unpaired) electrons. The number of hydrogen-bond donors (Lipinski definition) is 2. The predicted octanol–water partition coefficient (Wildman–Crippen LogP) is 3.89. The van der Waals surface area contributed by atoms with E-state index in [0.29, 0.717) is 0 Å². The van der Waals surface area contributed by atoms with E-state index in [-0.39, 0.29) is 0 Å². The number of hydrogen-bond acceptors (Lipinski definition) is 4. The van der Waals surface area contributed by atoms with Crippen LogP contribution >= 0.6 is 27.3 Å². The molecule has 2 heterocycles. The van der Waals surface area contributed by atoms with Gasteiger partial charge < -0.3 is 10.6 Å². The summed E-state index contributed by atoms with van der Waals surface area (Å²) in [6.07, 6.45) is 4.13. The van der Waals surface area contributed by atoms with E-state index in [1.807, 2.05) is 24.4 Å². The van der Waals surface area contributed by atoms with Gasteiger partial charge in [0.2, 0.25) is 0 Å². The maximum atomic E-state index is 4.22. The van der Waals surface area contributed by atoms with Gasteiger partial charge in [-0.1, -0.05) is 6.07 Å². The molecule has 3 nitrogen and oxygen atoms in total. The van der Waals surface area contributed by atoms with Gasteiger partial charge in [-0.25, -0.2) is 4.98 Å². The molecule has 0 saturated heterocycles. The Hall–Kier alpha value is -0.910. The monoisotopic (exact) mass is 339 g/mol. The first-order valence-corrected chi connectivity index (χ1v) is 8.05. The van der Waals surface area contributed by atoms with Gasteiger partial charge in [0, 0.05) is 24.2 Å². The minimum Gasteiger partial charge on any atom is -0.370 e. The highest BCUT2D eigenvalue weighted by atomic mass is 79.9. The van der Waals surface area contributed by atoms with E-state index in [9.17, 15) is 0 Å². The standard InChI is InChI=1S/C14H18BrN3S/c15-13-7-6-12(19-13)11-16-8-3-4-10-18-14-5-1-2-9-17-14/h1-2,5-7,9,16H,3-4,8,10-11H2,(H,17,18). The molecule has 0 fully saturated rings. The molecule has 0 aliphatic heterocycles. The Morgan fingerprint density at radius 3 is 2.74 bits per heavy atom. The van der Waals surface area contributed by atoms with Gasteiger partial charge in [-0.15, -0.1) is 11.3 Å². The van der Waals surface area contributed by atoms with Gasteiger partial charge >= 0.3 is 0 Å². The Bertz CT molecular complexity index is 473. The van der Waals surface area contributed by atoms with Crippen LogP contribution < -0.4 is 10.6 Å². The molecule has 2 aromatic heterocycles. The maximum Gasteiger partial charge on any atom is 0.125 e. The first-order valence-electron chi connectivity index (χ1n) is 6.44. The highest BCUT2D eigenvalue weighted by Crippen LogP contribution is 2.21. The van der Waals surface area contributed by atoms with Gasteiger partial charge in [-0.3, -0.25) is 0 Å². The van der Waals surface area contributed by atoms with Gasteiger partial charge in [-0.2, -0.15) is 0 Å². The van der Waals surface area contributed by atoms with Crippen molar-refractivity contribution >= 4 is 33.1 Å². The summed E-state index contributed by atoms with van der Waals surface area (Å²) in [5.41, 5.74) is 0. The molecule has 2 rings (SSSR count). The van der Waals surface area contributed by atoms with Crippen LogP contribution in [0.3, 0.4) is 0 Å². The van der Waals surface area contributed by atoms with Crippen LogP contribution in [0.2, 0.25) is 0 Å². The molecule has 2 aromatic rings. The van der Waals surface area contributed by atoms with E-state index in [1.165, 1.54) is 15.1 Å². The zero-order valence-corrected chi connectivity index (χ0v) is 13.1. The van der Waals surface area contributed by atoms with Gasteiger partial charge in [0.25, 0.3) is 0 Å². The van der Waals surface area contributed by atoms with Gasteiger partial charge in [0.15, 0.2) is 0 Å². The Morgan fingerprint density at radius 2 is 2.00 bits per heavy atom. The normalized spacial score (nSPS) is 10.6. The Kier molecular flexibility index (Phi) is 6.33. The fourth-order valence-electron chi connectivity index (χ4n) is 1.72. The van der Waals surface area contributed by atoms with Crippen molar-refractivity contribution < 1.29 is 0 Å². The number of aromatic nitrogens is 1. The molecule has 0 aromatic carbocycles. The third-order valence-corrected chi connectivity index (χ3v) is 4.30. The summed E-state index contributed by atoms with van der Waals surface area (Å²) >= 11 is 5.26. The summed E-state index contributed by atoms with van der Waals surface area (Å²) in [6, 6.07) is 10.2. The topological polar surface area (TPSA) is 37.0 Å². The lowest BCUT2D eigenvalue weighted by Gasteiger charge is -2.05. The molecule has 0 spiro atoms. The van der Waals surface area contributed by atoms with Crippen LogP contribution in [0.5, 0.6) is 0 Å². The average Bonchev–Trinajstić information content (AvgIpc) is 2.85. The molecule has 102 valence electrons. The van der Waals surface area contributed by atoms with E-state index in [2.05, 4.69) is 43.7 Å². The number of rotatable bonds is 8. The number of pyridine rings is 1. The summed E-state index contributed by atoms with van der Waals surface area (Å²) < 4.78 is 1.20. The van der Waals surface area contributed by atoms with Crippen molar-refractivity contribution in [3.05, 3.63) is 45.2 Å². The second kappa shape index (κ2) is 8.30. The lowest BCUT2D eigenvalue weighted by molar-refractivity contribution is 0.637. The molecule has 0 atom stereocenters. The Morgan fingerprint density at radius 1 is 1.11 bits per heavy atom. The fourth-order valence-corrected chi connectivity index (χ4v) is 3.17. The second-order valence-corrected chi connectivity index (χ2v) is 6.78. The molecule has 0 unspecified atom stereocenters. The minimum atomic E-state index is 0.957. The van der Waals surface area contributed by atoms with Crippen molar-refractivity contribution in [1.29, 1.82) is 0 Å². The van der Waals surface area contributed by atoms with Gasteiger partial charge in [0.1, 0.15) is 5.82 Å². The molecule has 5 heteroatoms. The fraction of sp³-hybridized carbons (Fsp3) is 0.357. The third-order valence-electron chi connectivity index (χ3n) is 2.68. The number of nitrogens with one attached hydrogen (secondary N) is 2. The number of thiophene rings is 1. The van der Waals surface area contributed by atoms with Crippen LogP contribution in [-0.2, 0) is 6.54 Å². The predicted molar refractivity (Wildman–Crippen MR) is 85.7 cm³/mol. The van der Waals surface area contributed by atoms with Gasteiger partial charge in [0.05, 0.1) is 3.79 Å². The lowest BCUT2D eigenvalue weighted by Crippen LogP contribution is -2.15. The number of halogens is 1. The van der Waals surface area contributed by atoms with Crippen molar-refractivity contribution in [3.63, 3.8) is 0 Å². The van der Waals surface area contributed by atoms with Crippen LogP contribution in [0.4, 0.5) is 5.82 Å². The first-order chi connectivity index (χ1) is 9.34. The van der Waals surface area contributed by atoms with Crippen molar-refractivity contribution in [1.82, 2.24) is 10.3 Å². The summed E-state index contributed by atoms with van der Waals surface area (Å²) in [4.78, 5) is 5.60. The van der Waals surface area contributed by atoms with Gasteiger partial charge in [-0.05, 0) is 59.6 Å². The minimum absolute atomic E-state index is 0.957. The van der Waals surface area contributed by atoms with E-state index >= 15 is 0 Å². The SMILES string of the molecule is Brc1ccc(CNCCCCNc2ccccn2)s1. The largest absolute Gasteiger partial charge is 0.370 e. The molecule has 0 bridgehead atoms. The van der Waals surface area contributed by atoms with Crippen molar-refractivity contribution in [2.75, 3.05) is 18.4 Å². The summed E-state index contributed by atoms with van der Waals surface area (Å²) in [6.45, 7) is 2.99. The smallest absolute Gasteiger partial charge is 0.125 e. The molecular weight excluding hydrogens is 322 g/mol. The van der Waals surface area contributed by atoms with Crippen LogP contribution in [0.25, 0.3) is 0 Å². The maximum absolute atomic E-state index is 4.22. The van der Waals surface area contributed by atoms with E-state index < -0.39 is 0 Å². The lowest BCUT2D eigenvalue weighted by atomic mass is 10.3. The molecule has 19 heavy (non-hydrogen) atoms.